The van der Waals surface area contributed by atoms with Gasteiger partial charge in [-0.25, -0.2) is 15.0 Å². The number of piperidine rings is 1. The fraction of sp³-hybridized carbons (Fsp3) is 0.265. The minimum absolute atomic E-state index is 0.377. The Kier molecular flexibility index (Phi) is 7.82. The number of guanidine groups is 1. The molecule has 5 N–H and O–H groups in total. The van der Waals surface area contributed by atoms with Crippen LogP contribution in [-0.4, -0.2) is 53.1 Å². The third-order valence-corrected chi connectivity index (χ3v) is 9.33. The lowest BCUT2D eigenvalue weighted by Gasteiger charge is -2.52. The predicted molar refractivity (Wildman–Crippen MR) is 176 cm³/mol. The lowest BCUT2D eigenvalue weighted by molar-refractivity contribution is 0.148. The number of nitrogen functional groups attached to an aromatic ring is 1. The summed E-state index contributed by atoms with van der Waals surface area (Å²) in [6.07, 6.45) is 3.45. The van der Waals surface area contributed by atoms with Crippen molar-refractivity contribution in [2.45, 2.75) is 30.6 Å². The first-order valence-corrected chi connectivity index (χ1v) is 14.9. The minimum Gasteiger partial charge on any atom is -0.493 e. The molecule has 1 atom stereocenters. The number of aliphatic imine (C=N–C) groups is 1. The van der Waals surface area contributed by atoms with Gasteiger partial charge in [0.1, 0.15) is 11.6 Å². The monoisotopic (exact) mass is 609 g/mol. The first-order valence-electron chi connectivity index (χ1n) is 14.5. The van der Waals surface area contributed by atoms with Crippen LogP contribution in [-0.2, 0) is 10.8 Å². The second-order valence-electron chi connectivity index (χ2n) is 11.3. The fourth-order valence-corrected chi connectivity index (χ4v) is 6.82. The molecule has 1 saturated heterocycles. The number of aromatic nitrogens is 3. The van der Waals surface area contributed by atoms with E-state index in [1.54, 1.807) is 20.3 Å². The van der Waals surface area contributed by atoms with Gasteiger partial charge in [-0.05, 0) is 61.7 Å². The normalized spacial score (nSPS) is 16.5. The molecule has 10 heteroatoms. The molecule has 0 aliphatic carbocycles. The van der Waals surface area contributed by atoms with Gasteiger partial charge in [0.15, 0.2) is 17.5 Å². The first kappa shape index (κ1) is 29.3. The van der Waals surface area contributed by atoms with Gasteiger partial charge in [0, 0.05) is 46.9 Å². The molecule has 5 aromatic rings. The van der Waals surface area contributed by atoms with E-state index in [1.807, 2.05) is 48.7 Å². The largest absolute Gasteiger partial charge is 0.493 e. The van der Waals surface area contributed by atoms with Crippen LogP contribution in [0.15, 0.2) is 90.1 Å². The summed E-state index contributed by atoms with van der Waals surface area (Å²) in [5.74, 6) is 2.60. The van der Waals surface area contributed by atoms with Crippen LogP contribution in [0.5, 0.6) is 11.5 Å². The molecule has 0 saturated carbocycles. The van der Waals surface area contributed by atoms with Crippen LogP contribution in [0.1, 0.15) is 36.8 Å². The Morgan fingerprint density at radius 1 is 0.955 bits per heavy atom. The highest BCUT2D eigenvalue weighted by Crippen LogP contribution is 2.53. The lowest BCUT2D eigenvalue weighted by Crippen LogP contribution is -2.57. The molecule has 2 aromatic heterocycles. The zero-order valence-corrected chi connectivity index (χ0v) is 25.8. The van der Waals surface area contributed by atoms with E-state index in [0.29, 0.717) is 58.1 Å². The quantitative estimate of drug-likeness (QED) is 0.148. The highest BCUT2D eigenvalue weighted by Gasteiger charge is 2.55. The van der Waals surface area contributed by atoms with Crippen molar-refractivity contribution in [3.8, 4) is 11.5 Å². The van der Waals surface area contributed by atoms with E-state index in [-0.39, 0.29) is 0 Å². The standard InChI is InChI=1S/C34H36ClN7O2/c1-33(29-13-8-16-38-29,31-40-26-21-28(44-3)27(43-2)20-25(26)30(36)41-31)34(22-9-5-4-6-10-22)14-17-42(18-15-34)32(37)39-24-12-7-11-23(35)19-24/h4-13,16,19-21,38H,14-15,17-18H2,1-3H3,(H2,37,39)(H2,36,40,41). The van der Waals surface area contributed by atoms with E-state index in [1.165, 1.54) is 5.56 Å². The predicted octanol–water partition coefficient (Wildman–Crippen LogP) is 6.20. The summed E-state index contributed by atoms with van der Waals surface area (Å²) < 4.78 is 11.1. The number of anilines is 1. The van der Waals surface area contributed by atoms with E-state index in [0.717, 1.165) is 24.2 Å². The van der Waals surface area contributed by atoms with Gasteiger partial charge in [0.25, 0.3) is 0 Å². The Morgan fingerprint density at radius 2 is 1.68 bits per heavy atom. The number of methoxy groups -OCH3 is 2. The van der Waals surface area contributed by atoms with Gasteiger partial charge in [-0.2, -0.15) is 0 Å². The molecule has 1 fully saturated rings. The van der Waals surface area contributed by atoms with Crippen molar-refractivity contribution < 1.29 is 9.47 Å². The summed E-state index contributed by atoms with van der Waals surface area (Å²) in [5.41, 5.74) is 15.7. The molecule has 0 spiro atoms. The number of nitrogens with two attached hydrogens (primary N) is 2. The average molecular weight is 610 g/mol. The SMILES string of the molecule is COc1cc2nc(C(C)(c3ccc[nH]3)C3(c4ccccc4)CCN(C(N)=Nc4cccc(Cl)c4)CC3)nc(N)c2cc1OC. The molecule has 1 aliphatic rings. The van der Waals surface area contributed by atoms with Crippen molar-refractivity contribution in [2.75, 3.05) is 33.0 Å². The van der Waals surface area contributed by atoms with Crippen LogP contribution in [0.4, 0.5) is 11.5 Å². The Bertz CT molecular complexity index is 1800. The molecule has 0 radical (unpaired) electrons. The zero-order valence-electron chi connectivity index (χ0n) is 25.0. The number of ether oxygens (including phenoxy) is 2. The van der Waals surface area contributed by atoms with Crippen molar-refractivity contribution in [3.05, 3.63) is 107 Å². The fourth-order valence-electron chi connectivity index (χ4n) is 6.64. The number of fused-ring (bicyclic) bond motifs is 1. The molecular formula is C34H36ClN7O2. The van der Waals surface area contributed by atoms with Crippen molar-refractivity contribution in [3.63, 3.8) is 0 Å². The van der Waals surface area contributed by atoms with Gasteiger partial charge in [-0.1, -0.05) is 48.0 Å². The Balaban J connectivity index is 1.49. The van der Waals surface area contributed by atoms with Crippen LogP contribution in [0, 0.1) is 0 Å². The number of aromatic amines is 1. The maximum absolute atomic E-state index is 6.67. The number of H-pyrrole nitrogens is 1. The number of benzene rings is 3. The van der Waals surface area contributed by atoms with Crippen LogP contribution in [0.25, 0.3) is 10.9 Å². The van der Waals surface area contributed by atoms with Crippen LogP contribution in [0.3, 0.4) is 0 Å². The maximum atomic E-state index is 6.67. The molecule has 9 nitrogen and oxygen atoms in total. The smallest absolute Gasteiger partial charge is 0.196 e. The highest BCUT2D eigenvalue weighted by atomic mass is 35.5. The number of hydrogen-bond acceptors (Lipinski definition) is 6. The maximum Gasteiger partial charge on any atom is 0.196 e. The first-order chi connectivity index (χ1) is 21.3. The summed E-state index contributed by atoms with van der Waals surface area (Å²) in [5, 5.41) is 1.32. The molecule has 226 valence electrons. The van der Waals surface area contributed by atoms with Gasteiger partial charge >= 0.3 is 0 Å². The van der Waals surface area contributed by atoms with Crippen LogP contribution < -0.4 is 20.9 Å². The topological polar surface area (TPSA) is 128 Å². The molecule has 0 bridgehead atoms. The second-order valence-corrected chi connectivity index (χ2v) is 11.7. The summed E-state index contributed by atoms with van der Waals surface area (Å²) >= 11 is 6.20. The number of nitrogens with one attached hydrogen (secondary N) is 1. The number of rotatable bonds is 7. The van der Waals surface area contributed by atoms with Crippen molar-refractivity contribution in [1.82, 2.24) is 19.9 Å². The third kappa shape index (κ3) is 4.97. The molecule has 3 aromatic carbocycles. The van der Waals surface area contributed by atoms with E-state index in [2.05, 4.69) is 52.1 Å². The molecule has 3 heterocycles. The van der Waals surface area contributed by atoms with E-state index in [9.17, 15) is 0 Å². The second kappa shape index (κ2) is 11.7. The van der Waals surface area contributed by atoms with Gasteiger partial charge in [0.05, 0.1) is 30.8 Å². The summed E-state index contributed by atoms with van der Waals surface area (Å²) in [4.78, 5) is 20.5. The summed E-state index contributed by atoms with van der Waals surface area (Å²) in [6.45, 7) is 3.57. The third-order valence-electron chi connectivity index (χ3n) is 9.09. The summed E-state index contributed by atoms with van der Waals surface area (Å²) in [6, 6.07) is 25.8. The Morgan fingerprint density at radius 3 is 2.34 bits per heavy atom. The average Bonchev–Trinajstić information content (AvgIpc) is 3.60. The molecule has 44 heavy (non-hydrogen) atoms. The Labute approximate surface area is 261 Å². The summed E-state index contributed by atoms with van der Waals surface area (Å²) in [7, 11) is 3.21. The van der Waals surface area contributed by atoms with Gasteiger partial charge in [0.2, 0.25) is 0 Å². The van der Waals surface area contributed by atoms with Gasteiger partial charge in [-0.3, -0.25) is 0 Å². The van der Waals surface area contributed by atoms with Gasteiger partial charge in [-0.15, -0.1) is 0 Å². The van der Waals surface area contributed by atoms with Crippen LogP contribution >= 0.6 is 11.6 Å². The number of halogens is 1. The number of nitrogens with zero attached hydrogens (tertiary/aromatic N) is 4. The Hall–Kier alpha value is -4.76. The number of hydrogen-bond donors (Lipinski definition) is 3. The highest BCUT2D eigenvalue weighted by molar-refractivity contribution is 6.30. The van der Waals surface area contributed by atoms with Crippen molar-refractivity contribution in [2.24, 2.45) is 10.7 Å². The molecule has 1 aliphatic heterocycles. The van der Waals surface area contributed by atoms with E-state index >= 15 is 0 Å². The molecular weight excluding hydrogens is 574 g/mol. The van der Waals surface area contributed by atoms with Crippen molar-refractivity contribution in [1.29, 1.82) is 0 Å². The lowest BCUT2D eigenvalue weighted by atomic mass is 9.54. The molecule has 1 unspecified atom stereocenters. The van der Waals surface area contributed by atoms with E-state index in [4.69, 9.17) is 42.5 Å². The van der Waals surface area contributed by atoms with Crippen LogP contribution in [0.2, 0.25) is 5.02 Å². The zero-order chi connectivity index (χ0) is 30.9. The van der Waals surface area contributed by atoms with E-state index < -0.39 is 10.8 Å². The molecule has 0 amide bonds. The minimum atomic E-state index is -0.710. The number of likely N-dealkylation sites (tertiary alicyclic amines) is 1. The van der Waals surface area contributed by atoms with Gasteiger partial charge < -0.3 is 30.8 Å². The van der Waals surface area contributed by atoms with Crippen molar-refractivity contribution >= 4 is 40.0 Å². The molecule has 6 rings (SSSR count).